The Morgan fingerprint density at radius 3 is 2.67 bits per heavy atom. The summed E-state index contributed by atoms with van der Waals surface area (Å²) in [4.78, 5) is 10.1. The second-order valence-corrected chi connectivity index (χ2v) is 6.26. The highest BCUT2D eigenvalue weighted by Gasteiger charge is 2.18. The molecule has 0 fully saturated rings. The summed E-state index contributed by atoms with van der Waals surface area (Å²) in [5.74, 6) is -0.137. The lowest BCUT2D eigenvalue weighted by molar-refractivity contribution is -0.384. The van der Waals surface area contributed by atoms with Gasteiger partial charge in [-0.15, -0.1) is 11.6 Å². The van der Waals surface area contributed by atoms with Crippen LogP contribution in [-0.4, -0.2) is 36.3 Å². The van der Waals surface area contributed by atoms with Crippen molar-refractivity contribution in [2.75, 3.05) is 18.7 Å². The van der Waals surface area contributed by atoms with Gasteiger partial charge in [0, 0.05) is 31.6 Å². The fourth-order valence-corrected chi connectivity index (χ4v) is 2.81. The predicted molar refractivity (Wildman–Crippen MR) is 69.1 cm³/mol. The first kappa shape index (κ1) is 14.9. The van der Waals surface area contributed by atoms with Gasteiger partial charge in [0.15, 0.2) is 0 Å². The molecule has 0 unspecified atom stereocenters. The Hall–Kier alpha value is -1.18. The van der Waals surface area contributed by atoms with Gasteiger partial charge in [-0.1, -0.05) is 12.1 Å². The fourth-order valence-electron chi connectivity index (χ4n) is 1.38. The maximum absolute atomic E-state index is 11.7. The van der Waals surface area contributed by atoms with E-state index >= 15 is 0 Å². The lowest BCUT2D eigenvalue weighted by Crippen LogP contribution is -2.29. The number of nitro benzene ring substituents is 1. The number of non-ortho nitro benzene ring substituents is 1. The number of hydrogen-bond donors (Lipinski definition) is 0. The average molecular weight is 293 g/mol. The van der Waals surface area contributed by atoms with E-state index in [0.717, 1.165) is 4.31 Å². The molecule has 0 radical (unpaired) electrons. The van der Waals surface area contributed by atoms with Crippen molar-refractivity contribution in [3.8, 4) is 0 Å². The number of halogens is 1. The number of nitrogens with zero attached hydrogens (tertiary/aromatic N) is 2. The molecule has 0 amide bonds. The number of benzene rings is 1. The number of sulfonamides is 1. The quantitative estimate of drug-likeness (QED) is 0.453. The van der Waals surface area contributed by atoms with E-state index in [2.05, 4.69) is 0 Å². The van der Waals surface area contributed by atoms with Gasteiger partial charge in [-0.2, -0.15) is 0 Å². The van der Waals surface area contributed by atoms with E-state index in [-0.39, 0.29) is 23.9 Å². The summed E-state index contributed by atoms with van der Waals surface area (Å²) in [5.41, 5.74) is 0.500. The summed E-state index contributed by atoms with van der Waals surface area (Å²) in [6.07, 6.45) is 0. The van der Waals surface area contributed by atoms with Crippen molar-refractivity contribution < 1.29 is 13.3 Å². The molecule has 1 rings (SSSR count). The van der Waals surface area contributed by atoms with Crippen LogP contribution in [0.3, 0.4) is 0 Å². The Morgan fingerprint density at radius 2 is 2.11 bits per heavy atom. The van der Waals surface area contributed by atoms with Crippen LogP contribution >= 0.6 is 11.6 Å². The predicted octanol–water partition coefficient (Wildman–Crippen LogP) is 1.60. The minimum atomic E-state index is -3.41. The van der Waals surface area contributed by atoms with Gasteiger partial charge in [0.05, 0.1) is 10.7 Å². The third kappa shape index (κ3) is 3.94. The lowest BCUT2D eigenvalue weighted by atomic mass is 10.2. The van der Waals surface area contributed by atoms with E-state index in [0.29, 0.717) is 5.56 Å². The summed E-state index contributed by atoms with van der Waals surface area (Å²) in [6, 6.07) is 5.87. The van der Waals surface area contributed by atoms with Crippen LogP contribution in [0, 0.1) is 10.1 Å². The molecule has 8 heteroatoms. The third-order valence-electron chi connectivity index (χ3n) is 2.34. The van der Waals surface area contributed by atoms with E-state index in [1.54, 1.807) is 6.07 Å². The summed E-state index contributed by atoms with van der Waals surface area (Å²) in [7, 11) is -1.99. The molecule has 0 atom stereocenters. The zero-order chi connectivity index (χ0) is 13.8. The molecule has 0 N–H and O–H groups in total. The standard InChI is InChI=1S/C10H13ClN2O4S/c1-12(18(16,17)6-5-11)8-9-3-2-4-10(7-9)13(14)15/h2-4,7H,5-6,8H2,1H3. The Morgan fingerprint density at radius 1 is 1.44 bits per heavy atom. The Bertz CT molecular complexity index is 532. The monoisotopic (exact) mass is 292 g/mol. The summed E-state index contributed by atoms with van der Waals surface area (Å²) >= 11 is 5.40. The Kier molecular flexibility index (Phi) is 5.06. The minimum absolute atomic E-state index is 0.0155. The van der Waals surface area contributed by atoms with Crippen molar-refractivity contribution in [3.05, 3.63) is 39.9 Å². The second-order valence-electron chi connectivity index (χ2n) is 3.69. The van der Waals surface area contributed by atoms with Crippen LogP contribution in [0.1, 0.15) is 5.56 Å². The first-order valence-electron chi connectivity index (χ1n) is 5.10. The molecule has 0 saturated carbocycles. The first-order valence-corrected chi connectivity index (χ1v) is 7.24. The number of hydrogen-bond acceptors (Lipinski definition) is 4. The molecular formula is C10H13ClN2O4S. The molecule has 0 aliphatic rings. The van der Waals surface area contributed by atoms with Gasteiger partial charge in [-0.25, -0.2) is 12.7 Å². The molecule has 0 spiro atoms. The van der Waals surface area contributed by atoms with Crippen molar-refractivity contribution in [2.24, 2.45) is 0 Å². The molecule has 18 heavy (non-hydrogen) atoms. The van der Waals surface area contributed by atoms with E-state index in [9.17, 15) is 18.5 Å². The SMILES string of the molecule is CN(Cc1cccc([N+](=O)[O-])c1)S(=O)(=O)CCCl. The smallest absolute Gasteiger partial charge is 0.258 e. The normalized spacial score (nSPS) is 11.7. The molecule has 0 aromatic heterocycles. The summed E-state index contributed by atoms with van der Waals surface area (Å²) in [6.45, 7) is 0.0842. The van der Waals surface area contributed by atoms with Crippen molar-refractivity contribution in [1.82, 2.24) is 4.31 Å². The topological polar surface area (TPSA) is 80.5 Å². The van der Waals surface area contributed by atoms with Crippen LogP contribution in [0.15, 0.2) is 24.3 Å². The molecule has 0 aliphatic heterocycles. The van der Waals surface area contributed by atoms with Crippen molar-refractivity contribution in [1.29, 1.82) is 0 Å². The molecule has 1 aromatic rings. The maximum Gasteiger partial charge on any atom is 0.269 e. The van der Waals surface area contributed by atoms with E-state index < -0.39 is 14.9 Å². The van der Waals surface area contributed by atoms with Crippen molar-refractivity contribution >= 4 is 27.3 Å². The highest BCUT2D eigenvalue weighted by atomic mass is 35.5. The largest absolute Gasteiger partial charge is 0.269 e. The van der Waals surface area contributed by atoms with Gasteiger partial charge in [0.25, 0.3) is 5.69 Å². The highest BCUT2D eigenvalue weighted by molar-refractivity contribution is 7.89. The van der Waals surface area contributed by atoms with Gasteiger partial charge >= 0.3 is 0 Å². The van der Waals surface area contributed by atoms with Gasteiger partial charge < -0.3 is 0 Å². The molecule has 6 nitrogen and oxygen atoms in total. The van der Waals surface area contributed by atoms with Crippen molar-refractivity contribution in [3.63, 3.8) is 0 Å². The summed E-state index contributed by atoms with van der Waals surface area (Å²) in [5, 5.41) is 10.6. The molecule has 1 aromatic carbocycles. The van der Waals surface area contributed by atoms with Gasteiger partial charge in [0.1, 0.15) is 0 Å². The zero-order valence-corrected chi connectivity index (χ0v) is 11.3. The van der Waals surface area contributed by atoms with Gasteiger partial charge in [-0.3, -0.25) is 10.1 Å². The lowest BCUT2D eigenvalue weighted by Gasteiger charge is -2.16. The van der Waals surface area contributed by atoms with Gasteiger partial charge in [-0.05, 0) is 5.56 Å². The van der Waals surface area contributed by atoms with E-state index in [1.807, 2.05) is 0 Å². The molecular weight excluding hydrogens is 280 g/mol. The van der Waals surface area contributed by atoms with Crippen LogP contribution in [-0.2, 0) is 16.6 Å². The Balaban J connectivity index is 2.85. The molecule has 0 saturated heterocycles. The van der Waals surface area contributed by atoms with Crippen LogP contribution in [0.4, 0.5) is 5.69 Å². The number of rotatable bonds is 6. The number of nitro groups is 1. The molecule has 0 aliphatic carbocycles. The van der Waals surface area contributed by atoms with Crippen molar-refractivity contribution in [2.45, 2.75) is 6.54 Å². The third-order valence-corrected chi connectivity index (χ3v) is 4.55. The summed E-state index contributed by atoms with van der Waals surface area (Å²) < 4.78 is 24.5. The van der Waals surface area contributed by atoms with Gasteiger partial charge in [0.2, 0.25) is 10.0 Å². The fraction of sp³-hybridized carbons (Fsp3) is 0.400. The average Bonchev–Trinajstić information content (AvgIpc) is 2.29. The first-order chi connectivity index (χ1) is 8.36. The van der Waals surface area contributed by atoms with E-state index in [4.69, 9.17) is 11.6 Å². The zero-order valence-electron chi connectivity index (χ0n) is 9.74. The second kappa shape index (κ2) is 6.12. The van der Waals surface area contributed by atoms with Crippen LogP contribution < -0.4 is 0 Å². The van der Waals surface area contributed by atoms with Crippen LogP contribution in [0.25, 0.3) is 0 Å². The van der Waals surface area contributed by atoms with E-state index in [1.165, 1.54) is 25.2 Å². The Labute approximate surface area is 110 Å². The minimum Gasteiger partial charge on any atom is -0.258 e. The van der Waals surface area contributed by atoms with Crippen LogP contribution in [0.2, 0.25) is 0 Å². The molecule has 0 heterocycles. The van der Waals surface area contributed by atoms with Crippen LogP contribution in [0.5, 0.6) is 0 Å². The molecule has 100 valence electrons. The number of alkyl halides is 1. The molecule has 0 bridgehead atoms. The highest BCUT2D eigenvalue weighted by Crippen LogP contribution is 2.15. The maximum atomic E-state index is 11.7.